The Morgan fingerprint density at radius 3 is 2.42 bits per heavy atom. The Balaban J connectivity index is 3.09. The van der Waals surface area contributed by atoms with Gasteiger partial charge in [-0.25, -0.2) is 0 Å². The summed E-state index contributed by atoms with van der Waals surface area (Å²) in [6.45, 7) is -0.307. The third-order valence-corrected chi connectivity index (χ3v) is 2.53. The van der Waals surface area contributed by atoms with E-state index >= 15 is 0 Å². The molecular weight excluding hydrogens is 252 g/mol. The Bertz CT molecular complexity index is 450. The molecule has 7 nitrogen and oxygen atoms in total. The first-order chi connectivity index (χ1) is 9.03. The van der Waals surface area contributed by atoms with E-state index in [1.54, 1.807) is 6.07 Å². The number of aliphatic hydroxyl groups is 2. The maximum absolute atomic E-state index is 11.4. The molecule has 19 heavy (non-hydrogen) atoms. The number of aliphatic hydroxyl groups excluding tert-OH is 2. The first-order valence-corrected chi connectivity index (χ1v) is 5.62. The van der Waals surface area contributed by atoms with Crippen molar-refractivity contribution >= 4 is 11.6 Å². The number of carbonyl (C=O) groups is 1. The average molecular weight is 270 g/mol. The summed E-state index contributed by atoms with van der Waals surface area (Å²) in [5.74, 6) is 0.167. The highest BCUT2D eigenvalue weighted by atomic mass is 16.5. The van der Waals surface area contributed by atoms with Gasteiger partial charge in [0.1, 0.15) is 0 Å². The fourth-order valence-corrected chi connectivity index (χ4v) is 1.52. The van der Waals surface area contributed by atoms with Gasteiger partial charge < -0.3 is 30.7 Å². The van der Waals surface area contributed by atoms with Crippen molar-refractivity contribution in [3.63, 3.8) is 0 Å². The zero-order valence-corrected chi connectivity index (χ0v) is 10.8. The van der Waals surface area contributed by atoms with Crippen LogP contribution in [0.2, 0.25) is 0 Å². The maximum atomic E-state index is 11.4. The normalized spacial score (nSPS) is 11.8. The summed E-state index contributed by atoms with van der Waals surface area (Å²) >= 11 is 0. The number of hydrogen-bond donors (Lipinski definition) is 4. The zero-order valence-electron chi connectivity index (χ0n) is 10.8. The Morgan fingerprint density at radius 2 is 1.95 bits per heavy atom. The summed E-state index contributed by atoms with van der Waals surface area (Å²) in [7, 11) is 2.92. The first kappa shape index (κ1) is 15.1. The van der Waals surface area contributed by atoms with Crippen LogP contribution in [0.5, 0.6) is 11.5 Å². The highest BCUT2D eigenvalue weighted by molar-refractivity contribution is 5.99. The molecule has 1 amide bonds. The molecule has 7 heteroatoms. The van der Waals surface area contributed by atoms with E-state index in [2.05, 4.69) is 5.32 Å². The molecule has 5 N–H and O–H groups in total. The second-order valence-corrected chi connectivity index (χ2v) is 3.83. The Morgan fingerprint density at radius 1 is 1.37 bits per heavy atom. The van der Waals surface area contributed by atoms with Gasteiger partial charge in [0.15, 0.2) is 11.5 Å². The lowest BCUT2D eigenvalue weighted by Gasteiger charge is -2.16. The number of hydrogen-bond acceptors (Lipinski definition) is 6. The lowest BCUT2D eigenvalue weighted by molar-refractivity contribution is 0.0998. The van der Waals surface area contributed by atoms with Gasteiger partial charge in [0.05, 0.1) is 38.2 Å². The van der Waals surface area contributed by atoms with Gasteiger partial charge in [-0.05, 0) is 6.07 Å². The number of amides is 1. The van der Waals surface area contributed by atoms with E-state index in [1.165, 1.54) is 20.3 Å². The fourth-order valence-electron chi connectivity index (χ4n) is 1.52. The van der Waals surface area contributed by atoms with E-state index in [4.69, 9.17) is 20.3 Å². The summed E-state index contributed by atoms with van der Waals surface area (Å²) in [6, 6.07) is 3.00. The molecule has 1 unspecified atom stereocenters. The second-order valence-electron chi connectivity index (χ2n) is 3.83. The highest BCUT2D eigenvalue weighted by Crippen LogP contribution is 2.33. The largest absolute Gasteiger partial charge is 0.493 e. The molecular formula is C12H18N2O5. The van der Waals surface area contributed by atoms with Crippen molar-refractivity contribution in [2.24, 2.45) is 5.73 Å². The topological polar surface area (TPSA) is 114 Å². The Kier molecular flexibility index (Phi) is 5.40. The molecule has 0 aliphatic rings. The number of rotatable bonds is 7. The van der Waals surface area contributed by atoms with Crippen LogP contribution in [0.25, 0.3) is 0 Å². The van der Waals surface area contributed by atoms with Gasteiger partial charge in [0, 0.05) is 12.6 Å². The van der Waals surface area contributed by atoms with Gasteiger partial charge in [-0.1, -0.05) is 0 Å². The van der Waals surface area contributed by atoms with E-state index < -0.39 is 12.0 Å². The van der Waals surface area contributed by atoms with Crippen LogP contribution in [0.1, 0.15) is 10.4 Å². The molecule has 1 aromatic carbocycles. The molecule has 0 heterocycles. The van der Waals surface area contributed by atoms with Gasteiger partial charge in [0.25, 0.3) is 5.91 Å². The first-order valence-electron chi connectivity index (χ1n) is 5.62. The van der Waals surface area contributed by atoms with Crippen molar-refractivity contribution in [3.8, 4) is 11.5 Å². The molecule has 0 aromatic heterocycles. The van der Waals surface area contributed by atoms with E-state index in [1.807, 2.05) is 0 Å². The molecule has 1 aromatic rings. The number of carbonyl (C=O) groups excluding carboxylic acids is 1. The van der Waals surface area contributed by atoms with Crippen molar-refractivity contribution in [1.82, 2.24) is 0 Å². The number of methoxy groups -OCH3 is 2. The molecule has 0 fully saturated rings. The van der Waals surface area contributed by atoms with Crippen LogP contribution in [0.3, 0.4) is 0 Å². The second kappa shape index (κ2) is 6.81. The molecule has 0 aliphatic carbocycles. The van der Waals surface area contributed by atoms with Gasteiger partial charge in [-0.15, -0.1) is 0 Å². The maximum Gasteiger partial charge on any atom is 0.250 e. The molecule has 0 radical (unpaired) electrons. The smallest absolute Gasteiger partial charge is 0.250 e. The van der Waals surface area contributed by atoms with Crippen molar-refractivity contribution in [1.29, 1.82) is 0 Å². The van der Waals surface area contributed by atoms with Gasteiger partial charge >= 0.3 is 0 Å². The third-order valence-electron chi connectivity index (χ3n) is 2.53. The van der Waals surface area contributed by atoms with E-state index in [0.29, 0.717) is 17.2 Å². The number of nitrogens with two attached hydrogens (primary N) is 1. The minimum Gasteiger partial charge on any atom is -0.493 e. The minimum atomic E-state index is -0.936. The fraction of sp³-hybridized carbons (Fsp3) is 0.417. The van der Waals surface area contributed by atoms with E-state index in [9.17, 15) is 9.90 Å². The quantitative estimate of drug-likeness (QED) is 0.534. The van der Waals surface area contributed by atoms with Crippen LogP contribution in [0.15, 0.2) is 12.1 Å². The summed E-state index contributed by atoms with van der Waals surface area (Å²) in [6.07, 6.45) is -0.936. The van der Waals surface area contributed by atoms with Gasteiger partial charge in [0.2, 0.25) is 0 Å². The zero-order chi connectivity index (χ0) is 14.4. The monoisotopic (exact) mass is 270 g/mol. The molecule has 1 rings (SSSR count). The molecule has 1 atom stereocenters. The standard InChI is InChI=1S/C12H18N2O5/c1-18-10-3-8(12(13)17)9(4-11(10)19-2)14-5-7(16)6-15/h3-4,7,14-16H,5-6H2,1-2H3,(H2,13,17). The Hall–Kier alpha value is -1.99. The SMILES string of the molecule is COc1cc(NCC(O)CO)c(C(N)=O)cc1OC. The van der Waals surface area contributed by atoms with Crippen LogP contribution < -0.4 is 20.5 Å². The molecule has 0 spiro atoms. The van der Waals surface area contributed by atoms with Crippen molar-refractivity contribution in [2.45, 2.75) is 6.10 Å². The van der Waals surface area contributed by atoms with E-state index in [-0.39, 0.29) is 18.7 Å². The summed E-state index contributed by atoms with van der Waals surface area (Å²) in [5.41, 5.74) is 5.89. The van der Waals surface area contributed by atoms with Crippen LogP contribution >= 0.6 is 0 Å². The molecule has 0 saturated heterocycles. The van der Waals surface area contributed by atoms with Crippen LogP contribution in [0.4, 0.5) is 5.69 Å². The van der Waals surface area contributed by atoms with Crippen LogP contribution in [0, 0.1) is 0 Å². The third kappa shape index (κ3) is 3.73. The number of nitrogens with one attached hydrogen (secondary N) is 1. The van der Waals surface area contributed by atoms with Crippen molar-refractivity contribution in [2.75, 3.05) is 32.7 Å². The van der Waals surface area contributed by atoms with Crippen LogP contribution in [-0.4, -0.2) is 49.6 Å². The van der Waals surface area contributed by atoms with Gasteiger partial charge in [-0.3, -0.25) is 4.79 Å². The number of benzene rings is 1. The van der Waals surface area contributed by atoms with Crippen LogP contribution in [-0.2, 0) is 0 Å². The molecule has 106 valence electrons. The summed E-state index contributed by atoms with van der Waals surface area (Å²) < 4.78 is 10.2. The predicted molar refractivity (Wildman–Crippen MR) is 69.6 cm³/mol. The number of ether oxygens (including phenoxy) is 2. The minimum absolute atomic E-state index is 0.0757. The van der Waals surface area contributed by atoms with Crippen molar-refractivity contribution in [3.05, 3.63) is 17.7 Å². The van der Waals surface area contributed by atoms with E-state index in [0.717, 1.165) is 0 Å². The average Bonchev–Trinajstić information content (AvgIpc) is 2.43. The summed E-state index contributed by atoms with van der Waals surface area (Å²) in [4.78, 5) is 11.4. The number of anilines is 1. The van der Waals surface area contributed by atoms with Gasteiger partial charge in [-0.2, -0.15) is 0 Å². The predicted octanol–water partition coefficient (Wildman–Crippen LogP) is -0.432. The number of primary amides is 1. The molecule has 0 aliphatic heterocycles. The summed E-state index contributed by atoms with van der Waals surface area (Å²) in [5, 5.41) is 20.9. The Labute approximate surface area is 110 Å². The van der Waals surface area contributed by atoms with Crippen molar-refractivity contribution < 1.29 is 24.5 Å². The lowest BCUT2D eigenvalue weighted by Crippen LogP contribution is -2.24. The highest BCUT2D eigenvalue weighted by Gasteiger charge is 2.15. The molecule has 0 bridgehead atoms. The lowest BCUT2D eigenvalue weighted by atomic mass is 10.1. The molecule has 0 saturated carbocycles.